The van der Waals surface area contributed by atoms with Crippen molar-refractivity contribution < 1.29 is 16.8 Å². The van der Waals surface area contributed by atoms with Crippen LogP contribution in [0.4, 0.5) is 0 Å². The highest BCUT2D eigenvalue weighted by Crippen LogP contribution is 2.29. The molecule has 154 valence electrons. The zero-order chi connectivity index (χ0) is 20.5. The predicted molar refractivity (Wildman–Crippen MR) is 113 cm³/mol. The van der Waals surface area contributed by atoms with Crippen molar-refractivity contribution in [3.8, 4) is 0 Å². The molecule has 1 aliphatic rings. The number of aryl methyl sites for hydroxylation is 1. The summed E-state index contributed by atoms with van der Waals surface area (Å²) in [5, 5.41) is 3.99. The quantitative estimate of drug-likeness (QED) is 0.705. The van der Waals surface area contributed by atoms with Crippen molar-refractivity contribution >= 4 is 31.0 Å². The number of benzene rings is 1. The number of rotatable bonds is 7. The van der Waals surface area contributed by atoms with Crippen LogP contribution in [0.2, 0.25) is 0 Å². The summed E-state index contributed by atoms with van der Waals surface area (Å²) in [6, 6.07) is 10.8. The molecule has 6 nitrogen and oxygen atoms in total. The van der Waals surface area contributed by atoms with Crippen LogP contribution in [0, 0.1) is 6.92 Å². The van der Waals surface area contributed by atoms with E-state index in [1.165, 1.54) is 11.6 Å². The fourth-order valence-corrected chi connectivity index (χ4v) is 9.48. The molecule has 2 aromatic rings. The van der Waals surface area contributed by atoms with Gasteiger partial charge >= 0.3 is 0 Å². The van der Waals surface area contributed by atoms with Crippen LogP contribution in [0.5, 0.6) is 0 Å². The molecule has 2 heterocycles. The molecular weight excluding hydrogens is 416 g/mol. The van der Waals surface area contributed by atoms with Crippen molar-refractivity contribution in [2.75, 3.05) is 32.1 Å². The molecule has 0 amide bonds. The zero-order valence-electron chi connectivity index (χ0n) is 16.2. The normalized spacial score (nSPS) is 23.1. The van der Waals surface area contributed by atoms with Crippen LogP contribution < -0.4 is 5.32 Å². The Kier molecular flexibility index (Phi) is 6.31. The van der Waals surface area contributed by atoms with Crippen LogP contribution in [-0.4, -0.2) is 65.2 Å². The molecule has 0 aliphatic carbocycles. The molecule has 9 heteroatoms. The van der Waals surface area contributed by atoms with Crippen molar-refractivity contribution in [3.05, 3.63) is 52.9 Å². The lowest BCUT2D eigenvalue weighted by molar-refractivity contribution is 0.282. The summed E-state index contributed by atoms with van der Waals surface area (Å²) in [7, 11) is -3.19. The van der Waals surface area contributed by atoms with Gasteiger partial charge in [-0.2, -0.15) is 0 Å². The number of hydrogen-bond acceptors (Lipinski definition) is 7. The Labute approximate surface area is 171 Å². The van der Waals surface area contributed by atoms with Gasteiger partial charge in [-0.25, -0.2) is 16.8 Å². The average Bonchev–Trinajstić information content (AvgIpc) is 3.25. The summed E-state index contributed by atoms with van der Waals surface area (Å²) in [6.45, 7) is 2.49. The number of nitrogens with one attached hydrogen (secondary N) is 1. The van der Waals surface area contributed by atoms with E-state index >= 15 is 0 Å². The number of hydrogen-bond donors (Lipinski definition) is 1. The van der Waals surface area contributed by atoms with E-state index in [1.807, 2.05) is 50.2 Å². The van der Waals surface area contributed by atoms with Crippen molar-refractivity contribution in [1.82, 2.24) is 10.2 Å². The van der Waals surface area contributed by atoms with Crippen molar-refractivity contribution in [2.45, 2.75) is 28.5 Å². The van der Waals surface area contributed by atoms with E-state index in [1.54, 1.807) is 11.4 Å². The smallest absolute Gasteiger partial charge is 0.193 e. The lowest BCUT2D eigenvalue weighted by atomic mass is 10.0. The maximum atomic E-state index is 13.0. The Morgan fingerprint density at radius 2 is 1.86 bits per heavy atom. The molecule has 0 radical (unpaired) electrons. The zero-order valence-corrected chi connectivity index (χ0v) is 18.6. The van der Waals surface area contributed by atoms with Gasteiger partial charge in [-0.15, -0.1) is 11.3 Å². The van der Waals surface area contributed by atoms with Crippen LogP contribution in [0.1, 0.15) is 17.2 Å². The van der Waals surface area contributed by atoms with Gasteiger partial charge in [0.1, 0.15) is 4.21 Å². The Balaban J connectivity index is 1.81. The van der Waals surface area contributed by atoms with Gasteiger partial charge in [-0.1, -0.05) is 35.9 Å². The highest BCUT2D eigenvalue weighted by atomic mass is 32.2. The molecular formula is C19H26N2O4S3. The molecule has 1 saturated heterocycles. The first-order chi connectivity index (χ1) is 13.1. The number of nitrogens with zero attached hydrogens (tertiary/aromatic N) is 1. The molecule has 1 aromatic heterocycles. The van der Waals surface area contributed by atoms with Crippen LogP contribution in [0.15, 0.2) is 46.0 Å². The molecule has 1 aromatic carbocycles. The van der Waals surface area contributed by atoms with Crippen molar-refractivity contribution in [2.24, 2.45) is 0 Å². The van der Waals surface area contributed by atoms with Gasteiger partial charge in [0.2, 0.25) is 0 Å². The maximum Gasteiger partial charge on any atom is 0.193 e. The fourth-order valence-electron chi connectivity index (χ4n) is 3.54. The first kappa shape index (κ1) is 21.4. The fraction of sp³-hybridized carbons (Fsp3) is 0.474. The topological polar surface area (TPSA) is 83.5 Å². The molecule has 1 fully saturated rings. The van der Waals surface area contributed by atoms with E-state index in [0.29, 0.717) is 6.54 Å². The highest BCUT2D eigenvalue weighted by molar-refractivity contribution is 7.97. The molecule has 28 heavy (non-hydrogen) atoms. The van der Waals surface area contributed by atoms with Gasteiger partial charge in [0.05, 0.1) is 16.8 Å². The van der Waals surface area contributed by atoms with Crippen LogP contribution in [0.3, 0.4) is 0 Å². The van der Waals surface area contributed by atoms with Crippen LogP contribution >= 0.6 is 11.3 Å². The van der Waals surface area contributed by atoms with E-state index in [-0.39, 0.29) is 21.8 Å². The third kappa shape index (κ3) is 4.65. The van der Waals surface area contributed by atoms with Gasteiger partial charge in [0.25, 0.3) is 0 Å². The van der Waals surface area contributed by atoms with E-state index < -0.39 is 31.0 Å². The Hall–Kier alpha value is -1.26. The number of thiophene rings is 1. The summed E-state index contributed by atoms with van der Waals surface area (Å²) in [6.07, 6.45) is 0. The summed E-state index contributed by atoms with van der Waals surface area (Å²) in [4.78, 5) is 2.05. The first-order valence-corrected chi connectivity index (χ1v) is 13.3. The lowest BCUT2D eigenvalue weighted by Gasteiger charge is -2.28. The molecule has 3 atom stereocenters. The van der Waals surface area contributed by atoms with Gasteiger partial charge < -0.3 is 10.2 Å². The van der Waals surface area contributed by atoms with Gasteiger partial charge in [-0.3, -0.25) is 0 Å². The SMILES string of the molecule is Cc1ccc(C(CN[C@H]2CS(=O)(=O)C[C@@H]2S(=O)(=O)c2cccs2)N(C)C)cc1. The third-order valence-corrected chi connectivity index (χ3v) is 10.7. The van der Waals surface area contributed by atoms with E-state index in [2.05, 4.69) is 5.32 Å². The maximum absolute atomic E-state index is 13.0. The number of likely N-dealkylation sites (N-methyl/N-ethyl adjacent to an activating group) is 1. The van der Waals surface area contributed by atoms with Gasteiger partial charge in [-0.05, 0) is 38.0 Å². The highest BCUT2D eigenvalue weighted by Gasteiger charge is 2.46. The summed E-state index contributed by atoms with van der Waals surface area (Å²) in [5.41, 5.74) is 2.26. The first-order valence-electron chi connectivity index (χ1n) is 9.04. The standard InChI is InChI=1S/C19H26N2O4S3/c1-14-6-8-15(9-7-14)17(21(2)3)11-20-16-12-27(22,23)13-18(16)28(24,25)19-5-4-10-26-19/h4-10,16-18,20H,11-13H2,1-3H3/t16-,17?,18-/m0/s1. The minimum Gasteiger partial charge on any atom is -0.310 e. The minimum atomic E-state index is -3.69. The van der Waals surface area contributed by atoms with E-state index in [4.69, 9.17) is 0 Å². The molecule has 3 rings (SSSR count). The molecule has 1 unspecified atom stereocenters. The average molecular weight is 443 g/mol. The monoisotopic (exact) mass is 442 g/mol. The third-order valence-electron chi connectivity index (χ3n) is 5.13. The predicted octanol–water partition coefficient (Wildman–Crippen LogP) is 1.89. The van der Waals surface area contributed by atoms with E-state index in [9.17, 15) is 16.8 Å². The summed E-state index contributed by atoms with van der Waals surface area (Å²) >= 11 is 1.13. The van der Waals surface area contributed by atoms with Crippen LogP contribution in [-0.2, 0) is 19.7 Å². The second kappa shape index (κ2) is 8.23. The van der Waals surface area contributed by atoms with Crippen molar-refractivity contribution in [1.29, 1.82) is 0 Å². The second-order valence-electron chi connectivity index (χ2n) is 7.50. The van der Waals surface area contributed by atoms with Gasteiger partial charge in [0.15, 0.2) is 19.7 Å². The Morgan fingerprint density at radius 1 is 1.18 bits per heavy atom. The minimum absolute atomic E-state index is 0.00833. The largest absolute Gasteiger partial charge is 0.310 e. The lowest BCUT2D eigenvalue weighted by Crippen LogP contribution is -2.46. The van der Waals surface area contributed by atoms with E-state index in [0.717, 1.165) is 16.9 Å². The number of sulfone groups is 2. The van der Waals surface area contributed by atoms with Crippen LogP contribution in [0.25, 0.3) is 0 Å². The molecule has 1 aliphatic heterocycles. The molecule has 0 saturated carbocycles. The molecule has 1 N–H and O–H groups in total. The molecule has 0 bridgehead atoms. The second-order valence-corrected chi connectivity index (χ2v) is 13.0. The Bertz CT molecular complexity index is 998. The van der Waals surface area contributed by atoms with Crippen molar-refractivity contribution in [3.63, 3.8) is 0 Å². The Morgan fingerprint density at radius 3 is 2.43 bits per heavy atom. The summed E-state index contributed by atoms with van der Waals surface area (Å²) in [5.74, 6) is -0.488. The summed E-state index contributed by atoms with van der Waals surface area (Å²) < 4.78 is 50.7. The van der Waals surface area contributed by atoms with Gasteiger partial charge in [0, 0.05) is 18.6 Å². The molecule has 0 spiro atoms.